The van der Waals surface area contributed by atoms with Gasteiger partial charge in [-0.1, -0.05) is 12.1 Å². The SMILES string of the molecule is COc1cccc(F)c1-c1nccc(-c2cnn(-c3cccc(C4CCN(C)CC4)n3)c2)n1. The normalized spacial score (nSPS) is 15.0. The van der Waals surface area contributed by atoms with Gasteiger partial charge in [-0.3, -0.25) is 0 Å². The Bertz CT molecular complexity index is 1270. The van der Waals surface area contributed by atoms with E-state index in [9.17, 15) is 4.39 Å². The molecule has 4 aromatic rings. The van der Waals surface area contributed by atoms with Crippen LogP contribution in [0.4, 0.5) is 4.39 Å². The van der Waals surface area contributed by atoms with Crippen molar-refractivity contribution in [3.8, 4) is 34.2 Å². The summed E-state index contributed by atoms with van der Waals surface area (Å²) in [5.74, 6) is 1.45. The van der Waals surface area contributed by atoms with Crippen LogP contribution in [0.15, 0.2) is 61.1 Å². The molecule has 1 aliphatic rings. The Balaban J connectivity index is 1.43. The van der Waals surface area contributed by atoms with Crippen molar-refractivity contribution in [1.29, 1.82) is 0 Å². The van der Waals surface area contributed by atoms with E-state index < -0.39 is 5.82 Å². The van der Waals surface area contributed by atoms with E-state index in [0.717, 1.165) is 43.0 Å². The molecule has 8 heteroatoms. The monoisotopic (exact) mass is 444 g/mol. The molecule has 1 fully saturated rings. The van der Waals surface area contributed by atoms with Crippen molar-refractivity contribution in [2.24, 2.45) is 0 Å². The summed E-state index contributed by atoms with van der Waals surface area (Å²) >= 11 is 0. The van der Waals surface area contributed by atoms with Gasteiger partial charge in [0.05, 0.1) is 24.6 Å². The maximum Gasteiger partial charge on any atom is 0.166 e. The number of piperidine rings is 1. The molecule has 7 nitrogen and oxygen atoms in total. The van der Waals surface area contributed by atoms with Gasteiger partial charge in [-0.05, 0) is 63.3 Å². The molecule has 0 amide bonds. The lowest BCUT2D eigenvalue weighted by molar-refractivity contribution is 0.253. The minimum Gasteiger partial charge on any atom is -0.496 e. The van der Waals surface area contributed by atoms with Crippen molar-refractivity contribution in [3.05, 3.63) is 72.6 Å². The molecule has 0 unspecified atom stereocenters. The smallest absolute Gasteiger partial charge is 0.166 e. The van der Waals surface area contributed by atoms with Gasteiger partial charge < -0.3 is 9.64 Å². The van der Waals surface area contributed by atoms with Gasteiger partial charge in [0, 0.05) is 29.6 Å². The van der Waals surface area contributed by atoms with Crippen LogP contribution < -0.4 is 4.74 Å². The molecular formula is C25H25FN6O. The van der Waals surface area contributed by atoms with Gasteiger partial charge >= 0.3 is 0 Å². The lowest BCUT2D eigenvalue weighted by Crippen LogP contribution is -2.29. The molecule has 1 aromatic carbocycles. The largest absolute Gasteiger partial charge is 0.496 e. The third kappa shape index (κ3) is 4.34. The zero-order chi connectivity index (χ0) is 22.8. The fourth-order valence-electron chi connectivity index (χ4n) is 4.21. The first-order valence-electron chi connectivity index (χ1n) is 11.0. The number of pyridine rings is 1. The van der Waals surface area contributed by atoms with Crippen LogP contribution in [0, 0.1) is 5.82 Å². The molecule has 0 radical (unpaired) electrons. The van der Waals surface area contributed by atoms with E-state index >= 15 is 0 Å². The predicted molar refractivity (Wildman–Crippen MR) is 124 cm³/mol. The summed E-state index contributed by atoms with van der Waals surface area (Å²) in [5.41, 5.74) is 2.78. The van der Waals surface area contributed by atoms with Gasteiger partial charge in [0.15, 0.2) is 11.6 Å². The third-order valence-electron chi connectivity index (χ3n) is 6.08. The Morgan fingerprint density at radius 3 is 2.67 bits per heavy atom. The molecule has 0 aliphatic carbocycles. The summed E-state index contributed by atoms with van der Waals surface area (Å²) in [6.07, 6.45) is 7.45. The van der Waals surface area contributed by atoms with Gasteiger partial charge in [0.1, 0.15) is 11.6 Å². The summed E-state index contributed by atoms with van der Waals surface area (Å²) in [6, 6.07) is 12.5. The number of aromatic nitrogens is 5. The van der Waals surface area contributed by atoms with Crippen LogP contribution in [-0.4, -0.2) is 56.9 Å². The van der Waals surface area contributed by atoms with Crippen molar-refractivity contribution in [3.63, 3.8) is 0 Å². The van der Waals surface area contributed by atoms with Gasteiger partial charge in [-0.25, -0.2) is 24.0 Å². The maximum absolute atomic E-state index is 14.5. The summed E-state index contributed by atoms with van der Waals surface area (Å²) in [6.45, 7) is 2.18. The summed E-state index contributed by atoms with van der Waals surface area (Å²) in [7, 11) is 3.66. The lowest BCUT2D eigenvalue weighted by Gasteiger charge is -2.28. The van der Waals surface area contributed by atoms with E-state index in [1.165, 1.54) is 13.2 Å². The first-order valence-corrected chi connectivity index (χ1v) is 11.0. The maximum atomic E-state index is 14.5. The second-order valence-corrected chi connectivity index (χ2v) is 8.25. The molecule has 0 spiro atoms. The highest BCUT2D eigenvalue weighted by Crippen LogP contribution is 2.31. The molecule has 4 heterocycles. The molecular weight excluding hydrogens is 419 g/mol. The average molecular weight is 445 g/mol. The van der Waals surface area contributed by atoms with Crippen molar-refractivity contribution in [2.75, 3.05) is 27.2 Å². The molecule has 0 N–H and O–H groups in total. The zero-order valence-electron chi connectivity index (χ0n) is 18.6. The topological polar surface area (TPSA) is 69.0 Å². The second-order valence-electron chi connectivity index (χ2n) is 8.25. The van der Waals surface area contributed by atoms with Crippen molar-refractivity contribution in [1.82, 2.24) is 29.6 Å². The number of nitrogens with zero attached hydrogens (tertiary/aromatic N) is 6. The van der Waals surface area contributed by atoms with Gasteiger partial charge in [0.2, 0.25) is 0 Å². The second kappa shape index (κ2) is 9.07. The highest BCUT2D eigenvalue weighted by atomic mass is 19.1. The first-order chi connectivity index (χ1) is 16.1. The number of methoxy groups -OCH3 is 1. The Morgan fingerprint density at radius 2 is 1.85 bits per heavy atom. The zero-order valence-corrected chi connectivity index (χ0v) is 18.6. The van der Waals surface area contributed by atoms with Crippen LogP contribution in [0.3, 0.4) is 0 Å². The standard InChI is InChI=1S/C25H25FN6O/c1-31-13-10-17(11-14-31)20-6-4-8-23(29-20)32-16-18(15-28-32)21-9-12-27-25(30-21)24-19(26)5-3-7-22(24)33-2/h3-9,12,15-17H,10-11,13-14H2,1-2H3. The molecule has 5 rings (SSSR count). The third-order valence-corrected chi connectivity index (χ3v) is 6.08. The fraction of sp³-hybridized carbons (Fsp3) is 0.280. The Hall–Kier alpha value is -3.65. The van der Waals surface area contributed by atoms with Crippen LogP contribution >= 0.6 is 0 Å². The van der Waals surface area contributed by atoms with Crippen molar-refractivity contribution in [2.45, 2.75) is 18.8 Å². The number of ether oxygens (including phenoxy) is 1. The van der Waals surface area contributed by atoms with Crippen LogP contribution in [0.1, 0.15) is 24.5 Å². The van der Waals surface area contributed by atoms with Crippen LogP contribution in [0.5, 0.6) is 5.75 Å². The van der Waals surface area contributed by atoms with E-state index in [1.807, 2.05) is 18.3 Å². The minimum atomic E-state index is -0.433. The van der Waals surface area contributed by atoms with Crippen LogP contribution in [-0.2, 0) is 0 Å². The molecule has 168 valence electrons. The molecule has 3 aromatic heterocycles. The van der Waals surface area contributed by atoms with E-state index in [2.05, 4.69) is 33.1 Å². The molecule has 0 atom stereocenters. The minimum absolute atomic E-state index is 0.238. The van der Waals surface area contributed by atoms with Crippen molar-refractivity contribution < 1.29 is 9.13 Å². The molecule has 0 saturated carbocycles. The molecule has 1 saturated heterocycles. The highest BCUT2D eigenvalue weighted by Gasteiger charge is 2.20. The van der Waals surface area contributed by atoms with E-state index in [-0.39, 0.29) is 11.4 Å². The molecule has 33 heavy (non-hydrogen) atoms. The molecule has 1 aliphatic heterocycles. The average Bonchev–Trinajstić information content (AvgIpc) is 3.35. The number of halogens is 1. The van der Waals surface area contributed by atoms with E-state index in [4.69, 9.17) is 9.72 Å². The van der Waals surface area contributed by atoms with Crippen molar-refractivity contribution >= 4 is 0 Å². The summed E-state index contributed by atoms with van der Waals surface area (Å²) in [4.78, 5) is 16.1. The van der Waals surface area contributed by atoms with Crippen LogP contribution in [0.2, 0.25) is 0 Å². The van der Waals surface area contributed by atoms with Gasteiger partial charge in [-0.2, -0.15) is 5.10 Å². The lowest BCUT2D eigenvalue weighted by atomic mass is 9.93. The Kier molecular flexibility index (Phi) is 5.83. The highest BCUT2D eigenvalue weighted by molar-refractivity contribution is 5.68. The van der Waals surface area contributed by atoms with Crippen LogP contribution in [0.25, 0.3) is 28.5 Å². The molecule has 0 bridgehead atoms. The van der Waals surface area contributed by atoms with E-state index in [0.29, 0.717) is 17.4 Å². The fourth-order valence-corrected chi connectivity index (χ4v) is 4.21. The number of hydrogen-bond donors (Lipinski definition) is 0. The Labute approximate surface area is 191 Å². The number of likely N-dealkylation sites (tertiary alicyclic amines) is 1. The van der Waals surface area contributed by atoms with Gasteiger partial charge in [-0.15, -0.1) is 0 Å². The first kappa shape index (κ1) is 21.2. The number of rotatable bonds is 5. The van der Waals surface area contributed by atoms with E-state index in [1.54, 1.807) is 35.3 Å². The predicted octanol–water partition coefficient (Wildman–Crippen LogP) is 4.35. The van der Waals surface area contributed by atoms with Gasteiger partial charge in [0.25, 0.3) is 0 Å². The summed E-state index contributed by atoms with van der Waals surface area (Å²) < 4.78 is 21.6. The summed E-state index contributed by atoms with van der Waals surface area (Å²) in [5, 5.41) is 4.50. The quantitative estimate of drug-likeness (QED) is 0.456. The Morgan fingerprint density at radius 1 is 1.03 bits per heavy atom. The number of hydrogen-bond acceptors (Lipinski definition) is 6. The number of benzene rings is 1.